The number of piperidine rings is 1. The van der Waals surface area contributed by atoms with Gasteiger partial charge in [-0.15, -0.1) is 0 Å². The molecule has 1 fully saturated rings. The molecule has 156 valence electrons. The van der Waals surface area contributed by atoms with Crippen molar-refractivity contribution in [1.29, 1.82) is 0 Å². The van der Waals surface area contributed by atoms with E-state index in [1.54, 1.807) is 6.92 Å². The first-order valence-electron chi connectivity index (χ1n) is 9.28. The number of hydrazine groups is 1. The van der Waals surface area contributed by atoms with Gasteiger partial charge in [0.25, 0.3) is 5.91 Å². The highest BCUT2D eigenvalue weighted by molar-refractivity contribution is 5.87. The minimum Gasteiger partial charge on any atom is -0.381 e. The number of hydrogen-bond acceptors (Lipinski definition) is 6. The zero-order valence-corrected chi connectivity index (χ0v) is 16.1. The first-order chi connectivity index (χ1) is 13.8. The Morgan fingerprint density at radius 2 is 2.14 bits per heavy atom. The summed E-state index contributed by atoms with van der Waals surface area (Å²) in [6, 6.07) is 2.63. The van der Waals surface area contributed by atoms with Gasteiger partial charge in [0.1, 0.15) is 29.9 Å². The first-order valence-corrected chi connectivity index (χ1v) is 9.28. The molecule has 1 aliphatic heterocycles. The quantitative estimate of drug-likeness (QED) is 0.284. The van der Waals surface area contributed by atoms with Crippen LogP contribution in [0.4, 0.5) is 8.78 Å². The molecule has 10 heteroatoms. The lowest BCUT2D eigenvalue weighted by Crippen LogP contribution is -2.53. The number of aromatic nitrogens is 3. The van der Waals surface area contributed by atoms with Crippen molar-refractivity contribution in [3.63, 3.8) is 0 Å². The Balaban J connectivity index is 1.86. The lowest BCUT2D eigenvalue weighted by atomic mass is 9.84. The van der Waals surface area contributed by atoms with Gasteiger partial charge in [-0.1, -0.05) is 11.6 Å². The van der Waals surface area contributed by atoms with Crippen molar-refractivity contribution in [2.75, 3.05) is 13.1 Å². The molecule has 1 amide bonds. The van der Waals surface area contributed by atoms with Gasteiger partial charge < -0.3 is 5.11 Å². The maximum atomic E-state index is 14.6. The van der Waals surface area contributed by atoms with Crippen LogP contribution in [0.15, 0.2) is 42.5 Å². The van der Waals surface area contributed by atoms with E-state index in [-0.39, 0.29) is 18.0 Å². The van der Waals surface area contributed by atoms with Crippen LogP contribution in [0.25, 0.3) is 0 Å². The summed E-state index contributed by atoms with van der Waals surface area (Å²) in [6.45, 7) is 2.87. The smallest absolute Gasteiger partial charge is 0.257 e. The van der Waals surface area contributed by atoms with Crippen LogP contribution in [0.2, 0.25) is 0 Å². The molecule has 0 aliphatic carbocycles. The lowest BCUT2D eigenvalue weighted by molar-refractivity contribution is -0.116. The minimum atomic E-state index is -1.68. The fourth-order valence-corrected chi connectivity index (χ4v) is 3.72. The van der Waals surface area contributed by atoms with Crippen molar-refractivity contribution in [2.45, 2.75) is 38.0 Å². The molecular formula is C19H24F2N6O2. The van der Waals surface area contributed by atoms with Crippen molar-refractivity contribution < 1.29 is 18.7 Å². The molecule has 2 heterocycles. The number of hydrogen-bond donors (Lipinski definition) is 3. The second-order valence-electron chi connectivity index (χ2n) is 7.16. The molecule has 1 aromatic carbocycles. The van der Waals surface area contributed by atoms with Crippen LogP contribution in [0.5, 0.6) is 0 Å². The SMILES string of the molecule is C[C@@H](N1CCC(=CC(=O)NN)CC1)[C@](O)(Cn1cncn1)c1ccc(F)cc1F. The van der Waals surface area contributed by atoms with Gasteiger partial charge in [0, 0.05) is 36.8 Å². The zero-order valence-electron chi connectivity index (χ0n) is 16.1. The Labute approximate surface area is 167 Å². The summed E-state index contributed by atoms with van der Waals surface area (Å²) in [4.78, 5) is 17.3. The molecule has 4 N–H and O–H groups in total. The summed E-state index contributed by atoms with van der Waals surface area (Å²) in [5.74, 6) is 3.21. The lowest BCUT2D eigenvalue weighted by Gasteiger charge is -2.43. The number of halogens is 2. The molecule has 0 spiro atoms. The van der Waals surface area contributed by atoms with Gasteiger partial charge in [-0.05, 0) is 25.8 Å². The van der Waals surface area contributed by atoms with E-state index in [1.165, 1.54) is 29.5 Å². The molecule has 8 nitrogen and oxygen atoms in total. The van der Waals surface area contributed by atoms with Gasteiger partial charge in [-0.3, -0.25) is 15.1 Å². The van der Waals surface area contributed by atoms with Gasteiger partial charge >= 0.3 is 0 Å². The molecule has 2 aromatic rings. The number of rotatable bonds is 6. The van der Waals surface area contributed by atoms with E-state index in [9.17, 15) is 18.7 Å². The van der Waals surface area contributed by atoms with E-state index in [0.717, 1.165) is 17.7 Å². The van der Waals surface area contributed by atoms with Crippen molar-refractivity contribution in [2.24, 2.45) is 5.84 Å². The van der Waals surface area contributed by atoms with E-state index in [1.807, 2.05) is 4.90 Å². The second kappa shape index (κ2) is 8.76. The van der Waals surface area contributed by atoms with Crippen molar-refractivity contribution in [3.05, 3.63) is 59.7 Å². The molecule has 1 saturated heterocycles. The molecule has 0 bridgehead atoms. The van der Waals surface area contributed by atoms with Crippen LogP contribution in [0, 0.1) is 11.6 Å². The summed E-state index contributed by atoms with van der Waals surface area (Å²) in [5, 5.41) is 15.6. The maximum absolute atomic E-state index is 14.6. The van der Waals surface area contributed by atoms with Gasteiger partial charge in [0.05, 0.1) is 6.54 Å². The monoisotopic (exact) mass is 406 g/mol. The standard InChI is InChI=1S/C19H24F2N6O2/c1-13(26-6-4-14(5-7-26)8-18(28)25-22)19(29,10-27-12-23-11-24-27)16-3-2-15(20)9-17(16)21/h2-3,8-9,11-13,29H,4-7,10,22H2,1H3,(H,25,28)/t13-,19-/m1/s1. The molecule has 0 saturated carbocycles. The predicted octanol–water partition coefficient (Wildman–Crippen LogP) is 0.845. The average Bonchev–Trinajstić information content (AvgIpc) is 3.20. The Morgan fingerprint density at radius 1 is 1.41 bits per heavy atom. The van der Waals surface area contributed by atoms with Crippen LogP contribution < -0.4 is 11.3 Å². The van der Waals surface area contributed by atoms with Crippen LogP contribution in [0.1, 0.15) is 25.3 Å². The van der Waals surface area contributed by atoms with Crippen LogP contribution >= 0.6 is 0 Å². The number of carbonyl (C=O) groups excluding carboxylic acids is 1. The highest BCUT2D eigenvalue weighted by Gasteiger charge is 2.42. The summed E-state index contributed by atoms with van der Waals surface area (Å²) in [7, 11) is 0. The Kier molecular flexibility index (Phi) is 6.36. The number of aliphatic hydroxyl groups is 1. The number of amides is 1. The average molecular weight is 406 g/mol. The van der Waals surface area contributed by atoms with Crippen molar-refractivity contribution in [3.8, 4) is 0 Å². The predicted molar refractivity (Wildman–Crippen MR) is 101 cm³/mol. The third kappa shape index (κ3) is 4.66. The maximum Gasteiger partial charge on any atom is 0.257 e. The molecule has 1 aliphatic rings. The second-order valence-corrected chi connectivity index (χ2v) is 7.16. The fraction of sp³-hybridized carbons (Fsp3) is 0.421. The third-order valence-electron chi connectivity index (χ3n) is 5.42. The van der Waals surface area contributed by atoms with Gasteiger partial charge in [-0.2, -0.15) is 5.10 Å². The summed E-state index contributed by atoms with van der Waals surface area (Å²) < 4.78 is 29.5. The number of nitrogens with one attached hydrogen (secondary N) is 1. The highest BCUT2D eigenvalue weighted by atomic mass is 19.1. The number of likely N-dealkylation sites (tertiary alicyclic amines) is 1. The van der Waals surface area contributed by atoms with Crippen LogP contribution in [-0.2, 0) is 16.9 Å². The zero-order chi connectivity index (χ0) is 21.0. The van der Waals surface area contributed by atoms with E-state index < -0.39 is 23.3 Å². The number of nitrogens with two attached hydrogens (primary N) is 1. The molecular weight excluding hydrogens is 382 g/mol. The molecule has 2 atom stereocenters. The number of benzene rings is 1. The van der Waals surface area contributed by atoms with E-state index in [2.05, 4.69) is 15.5 Å². The van der Waals surface area contributed by atoms with E-state index >= 15 is 0 Å². The highest BCUT2D eigenvalue weighted by Crippen LogP contribution is 2.34. The fourth-order valence-electron chi connectivity index (χ4n) is 3.72. The van der Waals surface area contributed by atoms with Crippen LogP contribution in [-0.4, -0.2) is 49.8 Å². The minimum absolute atomic E-state index is 0.00857. The van der Waals surface area contributed by atoms with Crippen molar-refractivity contribution >= 4 is 5.91 Å². The topological polar surface area (TPSA) is 109 Å². The summed E-state index contributed by atoms with van der Waals surface area (Å²) in [6.07, 6.45) is 5.46. The number of carbonyl (C=O) groups is 1. The molecule has 29 heavy (non-hydrogen) atoms. The van der Waals surface area contributed by atoms with E-state index in [0.29, 0.717) is 25.9 Å². The summed E-state index contributed by atoms with van der Waals surface area (Å²) in [5.41, 5.74) is 1.33. The first kappa shape index (κ1) is 21.0. The number of nitrogens with zero attached hydrogens (tertiary/aromatic N) is 4. The Hall–Kier alpha value is -2.69. The molecule has 0 radical (unpaired) electrons. The Morgan fingerprint density at radius 3 is 2.72 bits per heavy atom. The van der Waals surface area contributed by atoms with Gasteiger partial charge in [0.15, 0.2) is 0 Å². The van der Waals surface area contributed by atoms with Gasteiger partial charge in [-0.25, -0.2) is 24.3 Å². The Bertz CT molecular complexity index is 879. The summed E-state index contributed by atoms with van der Waals surface area (Å²) >= 11 is 0. The van der Waals surface area contributed by atoms with Crippen LogP contribution in [0.3, 0.4) is 0 Å². The normalized spacial score (nSPS) is 18.2. The molecule has 3 rings (SSSR count). The van der Waals surface area contributed by atoms with Crippen molar-refractivity contribution in [1.82, 2.24) is 25.1 Å². The third-order valence-corrected chi connectivity index (χ3v) is 5.42. The van der Waals surface area contributed by atoms with Gasteiger partial charge in [0.2, 0.25) is 0 Å². The molecule has 1 aromatic heterocycles. The molecule has 0 unspecified atom stereocenters. The largest absolute Gasteiger partial charge is 0.381 e. The van der Waals surface area contributed by atoms with E-state index in [4.69, 9.17) is 5.84 Å².